The quantitative estimate of drug-likeness (QED) is 0.539. The molecule has 0 aliphatic carbocycles. The van der Waals surface area contributed by atoms with Crippen molar-refractivity contribution in [1.82, 2.24) is 5.32 Å². The lowest BCUT2D eigenvalue weighted by atomic mass is 9.87. The zero-order chi connectivity index (χ0) is 15.2. The lowest BCUT2D eigenvalue weighted by Crippen LogP contribution is -2.34. The first-order valence-corrected chi connectivity index (χ1v) is 8.20. The van der Waals surface area contributed by atoms with E-state index in [0.29, 0.717) is 12.1 Å². The Labute approximate surface area is 135 Å². The van der Waals surface area contributed by atoms with E-state index < -0.39 is 0 Å². The summed E-state index contributed by atoms with van der Waals surface area (Å²) in [5.41, 5.74) is 0.434. The van der Waals surface area contributed by atoms with Crippen LogP contribution in [0.4, 0.5) is 0 Å². The predicted octanol–water partition coefficient (Wildman–Crippen LogP) is 4.33. The van der Waals surface area contributed by atoms with E-state index in [1.807, 2.05) is 0 Å². The maximum absolute atomic E-state index is 12.1. The minimum absolute atomic E-state index is 0.0340. The van der Waals surface area contributed by atoms with Gasteiger partial charge in [-0.05, 0) is 52.6 Å². The SMILES string of the molecule is CCCCCC(C)(C)CNC(=O)c1cc(I)ccc1O. The molecule has 0 fully saturated rings. The molecule has 1 aromatic carbocycles. The molecular weight excluding hydrogens is 365 g/mol. The van der Waals surface area contributed by atoms with Crippen LogP contribution in [0.3, 0.4) is 0 Å². The molecule has 1 amide bonds. The van der Waals surface area contributed by atoms with Crippen LogP contribution in [0.2, 0.25) is 0 Å². The minimum atomic E-state index is -0.204. The van der Waals surface area contributed by atoms with Gasteiger partial charge in [-0.1, -0.05) is 40.0 Å². The number of carbonyl (C=O) groups is 1. The van der Waals surface area contributed by atoms with Gasteiger partial charge in [0.25, 0.3) is 5.91 Å². The topological polar surface area (TPSA) is 49.3 Å². The summed E-state index contributed by atoms with van der Waals surface area (Å²) in [7, 11) is 0. The fourth-order valence-electron chi connectivity index (χ4n) is 2.05. The maximum atomic E-state index is 12.1. The number of amides is 1. The summed E-state index contributed by atoms with van der Waals surface area (Å²) >= 11 is 2.13. The lowest BCUT2D eigenvalue weighted by Gasteiger charge is -2.25. The number of aromatic hydroxyl groups is 1. The number of unbranched alkanes of at least 4 members (excludes halogenated alkanes) is 2. The second kappa shape index (κ2) is 7.86. The fourth-order valence-corrected chi connectivity index (χ4v) is 2.54. The molecule has 0 spiro atoms. The number of benzene rings is 1. The Morgan fingerprint density at radius 2 is 2.05 bits per heavy atom. The van der Waals surface area contributed by atoms with Crippen molar-refractivity contribution in [1.29, 1.82) is 0 Å². The van der Waals surface area contributed by atoms with Crippen molar-refractivity contribution in [2.75, 3.05) is 6.54 Å². The maximum Gasteiger partial charge on any atom is 0.255 e. The number of halogens is 1. The van der Waals surface area contributed by atoms with Crippen molar-refractivity contribution in [2.45, 2.75) is 46.5 Å². The Hall–Kier alpha value is -0.780. The van der Waals surface area contributed by atoms with Crippen LogP contribution < -0.4 is 5.32 Å². The van der Waals surface area contributed by atoms with Crippen molar-refractivity contribution < 1.29 is 9.90 Å². The molecule has 4 heteroatoms. The molecular formula is C16H24INO2. The summed E-state index contributed by atoms with van der Waals surface area (Å²) in [6.07, 6.45) is 4.72. The normalized spacial score (nSPS) is 11.4. The number of phenolic OH excluding ortho intramolecular Hbond substituents is 1. The smallest absolute Gasteiger partial charge is 0.255 e. The molecule has 1 aromatic rings. The number of rotatable bonds is 7. The largest absolute Gasteiger partial charge is 0.507 e. The second-order valence-corrected chi connectivity index (χ2v) is 7.21. The third-order valence-electron chi connectivity index (χ3n) is 3.39. The first-order chi connectivity index (χ1) is 9.35. The van der Waals surface area contributed by atoms with Gasteiger partial charge in [0.15, 0.2) is 0 Å². The minimum Gasteiger partial charge on any atom is -0.507 e. The molecule has 0 unspecified atom stereocenters. The molecule has 0 saturated carbocycles. The number of carbonyl (C=O) groups excluding carboxylic acids is 1. The van der Waals surface area contributed by atoms with Gasteiger partial charge in [-0.15, -0.1) is 0 Å². The highest BCUT2D eigenvalue weighted by molar-refractivity contribution is 14.1. The molecule has 0 bridgehead atoms. The van der Waals surface area contributed by atoms with Crippen LogP contribution in [0.25, 0.3) is 0 Å². The van der Waals surface area contributed by atoms with Gasteiger partial charge in [-0.3, -0.25) is 4.79 Å². The number of hydrogen-bond donors (Lipinski definition) is 2. The zero-order valence-electron chi connectivity index (χ0n) is 12.5. The van der Waals surface area contributed by atoms with Crippen molar-refractivity contribution in [2.24, 2.45) is 5.41 Å². The molecule has 0 aliphatic rings. The van der Waals surface area contributed by atoms with Crippen LogP contribution >= 0.6 is 22.6 Å². The van der Waals surface area contributed by atoms with Gasteiger partial charge in [0.05, 0.1) is 5.56 Å². The highest BCUT2D eigenvalue weighted by Gasteiger charge is 2.19. The summed E-state index contributed by atoms with van der Waals surface area (Å²) in [5.74, 6) is -0.170. The van der Waals surface area contributed by atoms with Crippen LogP contribution in [0.15, 0.2) is 18.2 Å². The van der Waals surface area contributed by atoms with Gasteiger partial charge >= 0.3 is 0 Å². The van der Waals surface area contributed by atoms with E-state index in [-0.39, 0.29) is 17.1 Å². The van der Waals surface area contributed by atoms with Crippen LogP contribution in [0.5, 0.6) is 5.75 Å². The van der Waals surface area contributed by atoms with Gasteiger partial charge in [0.1, 0.15) is 5.75 Å². The van der Waals surface area contributed by atoms with Gasteiger partial charge < -0.3 is 10.4 Å². The van der Waals surface area contributed by atoms with E-state index in [0.717, 1.165) is 9.99 Å². The Kier molecular flexibility index (Phi) is 6.79. The van der Waals surface area contributed by atoms with Crippen LogP contribution in [-0.2, 0) is 0 Å². The molecule has 0 saturated heterocycles. The summed E-state index contributed by atoms with van der Waals surface area (Å²) < 4.78 is 0.938. The zero-order valence-corrected chi connectivity index (χ0v) is 14.7. The van der Waals surface area contributed by atoms with Crippen LogP contribution in [0.1, 0.15) is 56.8 Å². The van der Waals surface area contributed by atoms with E-state index in [4.69, 9.17) is 0 Å². The molecule has 0 heterocycles. The third-order valence-corrected chi connectivity index (χ3v) is 4.06. The molecule has 20 heavy (non-hydrogen) atoms. The first kappa shape index (κ1) is 17.3. The second-order valence-electron chi connectivity index (χ2n) is 5.97. The summed E-state index contributed by atoms with van der Waals surface area (Å²) in [6, 6.07) is 5.04. The summed E-state index contributed by atoms with van der Waals surface area (Å²) in [6.45, 7) is 7.14. The van der Waals surface area contributed by atoms with Gasteiger partial charge in [-0.2, -0.15) is 0 Å². The van der Waals surface area contributed by atoms with Crippen molar-refractivity contribution in [3.8, 4) is 5.75 Å². The van der Waals surface area contributed by atoms with Crippen molar-refractivity contribution in [3.05, 3.63) is 27.3 Å². The monoisotopic (exact) mass is 389 g/mol. The standard InChI is InChI=1S/C16H24INO2/c1-4-5-6-9-16(2,3)11-18-15(20)13-10-12(17)7-8-14(13)19/h7-8,10,19H,4-6,9,11H2,1-3H3,(H,18,20). The Bertz CT molecular complexity index is 458. The van der Waals surface area contributed by atoms with E-state index in [1.165, 1.54) is 19.3 Å². The summed E-state index contributed by atoms with van der Waals surface area (Å²) in [5, 5.41) is 12.7. The third kappa shape index (κ3) is 5.69. The molecule has 0 aliphatic heterocycles. The van der Waals surface area contributed by atoms with Gasteiger partial charge in [0.2, 0.25) is 0 Å². The highest BCUT2D eigenvalue weighted by Crippen LogP contribution is 2.24. The van der Waals surface area contributed by atoms with Crippen molar-refractivity contribution in [3.63, 3.8) is 0 Å². The molecule has 0 atom stereocenters. The molecule has 2 N–H and O–H groups in total. The van der Waals surface area contributed by atoms with Gasteiger partial charge in [-0.25, -0.2) is 0 Å². The number of nitrogens with one attached hydrogen (secondary N) is 1. The van der Waals surface area contributed by atoms with E-state index in [9.17, 15) is 9.90 Å². The van der Waals surface area contributed by atoms with E-state index in [2.05, 4.69) is 48.7 Å². The van der Waals surface area contributed by atoms with Crippen LogP contribution in [-0.4, -0.2) is 17.6 Å². The van der Waals surface area contributed by atoms with E-state index in [1.54, 1.807) is 18.2 Å². The average molecular weight is 389 g/mol. The number of hydrogen-bond acceptors (Lipinski definition) is 2. The Balaban J connectivity index is 2.56. The molecule has 0 aromatic heterocycles. The molecule has 112 valence electrons. The molecule has 3 nitrogen and oxygen atoms in total. The molecule has 0 radical (unpaired) electrons. The molecule has 1 rings (SSSR count). The number of phenols is 1. The van der Waals surface area contributed by atoms with E-state index >= 15 is 0 Å². The highest BCUT2D eigenvalue weighted by atomic mass is 127. The Morgan fingerprint density at radius 3 is 2.70 bits per heavy atom. The Morgan fingerprint density at radius 1 is 1.35 bits per heavy atom. The van der Waals surface area contributed by atoms with Crippen molar-refractivity contribution >= 4 is 28.5 Å². The first-order valence-electron chi connectivity index (χ1n) is 7.12. The summed E-state index contributed by atoms with van der Waals surface area (Å²) in [4.78, 5) is 12.1. The van der Waals surface area contributed by atoms with Crippen LogP contribution in [0, 0.1) is 8.99 Å². The van der Waals surface area contributed by atoms with Gasteiger partial charge in [0, 0.05) is 10.1 Å². The lowest BCUT2D eigenvalue weighted by molar-refractivity contribution is 0.0931. The predicted molar refractivity (Wildman–Crippen MR) is 91.1 cm³/mol. The fraction of sp³-hybridized carbons (Fsp3) is 0.562. The average Bonchev–Trinajstić information content (AvgIpc) is 2.39.